The van der Waals surface area contributed by atoms with Gasteiger partial charge in [0.2, 0.25) is 0 Å². The predicted octanol–water partition coefficient (Wildman–Crippen LogP) is 1.80. The Morgan fingerprint density at radius 2 is 1.92 bits per heavy atom. The third kappa shape index (κ3) is 2.69. The Kier molecular flexibility index (Phi) is 4.22. The van der Waals surface area contributed by atoms with Gasteiger partial charge in [0.05, 0.1) is 6.61 Å². The lowest BCUT2D eigenvalue weighted by molar-refractivity contribution is 0.220. The average molecular weight is 201 g/mol. The van der Waals surface area contributed by atoms with E-state index in [4.69, 9.17) is 21.8 Å². The highest BCUT2D eigenvalue weighted by Crippen LogP contribution is 2.26. The molecule has 0 aliphatic carbocycles. The van der Waals surface area contributed by atoms with Crippen LogP contribution in [0.5, 0.6) is 0 Å². The zero-order valence-corrected chi connectivity index (χ0v) is 8.04. The summed E-state index contributed by atoms with van der Waals surface area (Å²) >= 11 is 5.94. The minimum Gasteiger partial charge on any atom is -0.396 e. The van der Waals surface area contributed by atoms with Gasteiger partial charge in [-0.3, -0.25) is 0 Å². The lowest BCUT2D eigenvalue weighted by atomic mass is 9.97. The van der Waals surface area contributed by atoms with E-state index in [-0.39, 0.29) is 19.1 Å². The molecule has 0 spiro atoms. The SMILES string of the molecule is OCCC(CO)c1ccccc1Cl. The summed E-state index contributed by atoms with van der Waals surface area (Å²) in [5, 5.41) is 18.5. The van der Waals surface area contributed by atoms with Gasteiger partial charge >= 0.3 is 0 Å². The van der Waals surface area contributed by atoms with Crippen molar-refractivity contribution in [3.8, 4) is 0 Å². The summed E-state index contributed by atoms with van der Waals surface area (Å²) in [6.45, 7) is 0.0841. The summed E-state index contributed by atoms with van der Waals surface area (Å²) in [5.74, 6) is -0.0568. The molecule has 0 bridgehead atoms. The van der Waals surface area contributed by atoms with E-state index in [0.717, 1.165) is 5.56 Å². The van der Waals surface area contributed by atoms with Crippen LogP contribution in [0.4, 0.5) is 0 Å². The molecule has 0 aromatic heterocycles. The predicted molar refractivity (Wildman–Crippen MR) is 53.0 cm³/mol. The first kappa shape index (κ1) is 10.5. The molecule has 2 N–H and O–H groups in total. The van der Waals surface area contributed by atoms with E-state index >= 15 is 0 Å². The van der Waals surface area contributed by atoms with E-state index in [1.54, 1.807) is 6.07 Å². The van der Waals surface area contributed by atoms with Crippen LogP contribution in [0.3, 0.4) is 0 Å². The Morgan fingerprint density at radius 1 is 1.23 bits per heavy atom. The molecule has 13 heavy (non-hydrogen) atoms. The van der Waals surface area contributed by atoms with Gasteiger partial charge in [-0.25, -0.2) is 0 Å². The summed E-state index contributed by atoms with van der Waals surface area (Å²) in [6, 6.07) is 7.39. The second kappa shape index (κ2) is 5.22. The molecule has 3 heteroatoms. The van der Waals surface area contributed by atoms with E-state index in [0.29, 0.717) is 11.4 Å². The van der Waals surface area contributed by atoms with Crippen molar-refractivity contribution in [1.29, 1.82) is 0 Å². The van der Waals surface area contributed by atoms with E-state index < -0.39 is 0 Å². The van der Waals surface area contributed by atoms with Crippen molar-refractivity contribution in [2.45, 2.75) is 12.3 Å². The van der Waals surface area contributed by atoms with Crippen LogP contribution in [0.25, 0.3) is 0 Å². The molecule has 0 saturated heterocycles. The highest BCUT2D eigenvalue weighted by atomic mass is 35.5. The lowest BCUT2D eigenvalue weighted by Gasteiger charge is -2.14. The molecule has 0 aliphatic heterocycles. The molecule has 1 aromatic rings. The topological polar surface area (TPSA) is 40.5 Å². The Morgan fingerprint density at radius 3 is 2.46 bits per heavy atom. The molecule has 1 aromatic carbocycles. The van der Waals surface area contributed by atoms with Gasteiger partial charge in [0.15, 0.2) is 0 Å². The van der Waals surface area contributed by atoms with Gasteiger partial charge in [0.1, 0.15) is 0 Å². The molecule has 1 rings (SSSR count). The average Bonchev–Trinajstić information content (AvgIpc) is 2.16. The Labute approximate surface area is 82.8 Å². The van der Waals surface area contributed by atoms with Crippen LogP contribution in [0.2, 0.25) is 5.02 Å². The number of halogens is 1. The first-order valence-corrected chi connectivity index (χ1v) is 4.63. The zero-order chi connectivity index (χ0) is 9.68. The fourth-order valence-electron chi connectivity index (χ4n) is 1.31. The Bertz CT molecular complexity index is 263. The van der Waals surface area contributed by atoms with Crippen LogP contribution in [0.15, 0.2) is 24.3 Å². The number of benzene rings is 1. The van der Waals surface area contributed by atoms with Crippen LogP contribution >= 0.6 is 11.6 Å². The van der Waals surface area contributed by atoms with Crippen molar-refractivity contribution in [2.24, 2.45) is 0 Å². The molecular formula is C10H13ClO2. The van der Waals surface area contributed by atoms with Gasteiger partial charge in [-0.15, -0.1) is 0 Å². The maximum absolute atomic E-state index is 9.07. The van der Waals surface area contributed by atoms with Gasteiger partial charge in [-0.2, -0.15) is 0 Å². The number of rotatable bonds is 4. The Balaban J connectivity index is 2.84. The molecule has 1 unspecified atom stereocenters. The maximum atomic E-state index is 9.07. The van der Waals surface area contributed by atoms with Crippen molar-refractivity contribution in [3.05, 3.63) is 34.9 Å². The van der Waals surface area contributed by atoms with Gasteiger partial charge in [0, 0.05) is 17.5 Å². The van der Waals surface area contributed by atoms with Crippen molar-refractivity contribution in [2.75, 3.05) is 13.2 Å². The van der Waals surface area contributed by atoms with Crippen molar-refractivity contribution < 1.29 is 10.2 Å². The summed E-state index contributed by atoms with van der Waals surface area (Å²) < 4.78 is 0. The minimum atomic E-state index is -0.0568. The van der Waals surface area contributed by atoms with E-state index in [2.05, 4.69) is 0 Å². The second-order valence-corrected chi connectivity index (χ2v) is 3.32. The lowest BCUT2D eigenvalue weighted by Crippen LogP contribution is -2.06. The Hall–Kier alpha value is -0.570. The maximum Gasteiger partial charge on any atom is 0.0501 e. The number of hydrogen-bond donors (Lipinski definition) is 2. The summed E-state index contributed by atoms with van der Waals surface area (Å²) in [6.07, 6.45) is 0.542. The molecule has 0 fully saturated rings. The fourth-order valence-corrected chi connectivity index (χ4v) is 1.60. The first-order valence-electron chi connectivity index (χ1n) is 4.25. The van der Waals surface area contributed by atoms with Gasteiger partial charge < -0.3 is 10.2 Å². The summed E-state index contributed by atoms with van der Waals surface area (Å²) in [5.41, 5.74) is 0.903. The van der Waals surface area contributed by atoms with Gasteiger partial charge in [0.25, 0.3) is 0 Å². The van der Waals surface area contributed by atoms with Crippen LogP contribution in [0, 0.1) is 0 Å². The third-order valence-electron chi connectivity index (χ3n) is 2.04. The van der Waals surface area contributed by atoms with Crippen molar-refractivity contribution in [3.63, 3.8) is 0 Å². The summed E-state index contributed by atoms with van der Waals surface area (Å²) in [4.78, 5) is 0. The van der Waals surface area contributed by atoms with E-state index in [1.165, 1.54) is 0 Å². The number of hydrogen-bond acceptors (Lipinski definition) is 2. The molecule has 0 amide bonds. The van der Waals surface area contributed by atoms with Gasteiger partial charge in [-0.05, 0) is 18.1 Å². The molecule has 0 aliphatic rings. The van der Waals surface area contributed by atoms with Crippen molar-refractivity contribution in [1.82, 2.24) is 0 Å². The van der Waals surface area contributed by atoms with Crippen molar-refractivity contribution >= 4 is 11.6 Å². The van der Waals surface area contributed by atoms with Crippen LogP contribution < -0.4 is 0 Å². The molecule has 2 nitrogen and oxygen atoms in total. The normalized spacial score (nSPS) is 12.8. The summed E-state index contributed by atoms with van der Waals surface area (Å²) in [7, 11) is 0. The van der Waals surface area contributed by atoms with E-state index in [9.17, 15) is 0 Å². The fraction of sp³-hybridized carbons (Fsp3) is 0.400. The molecule has 0 saturated carbocycles. The van der Waals surface area contributed by atoms with Crippen LogP contribution in [0.1, 0.15) is 17.9 Å². The first-order chi connectivity index (χ1) is 6.29. The number of aliphatic hydroxyl groups is 2. The molecule has 0 heterocycles. The zero-order valence-electron chi connectivity index (χ0n) is 7.28. The molecule has 72 valence electrons. The molecular weight excluding hydrogens is 188 g/mol. The van der Waals surface area contributed by atoms with Gasteiger partial charge in [-0.1, -0.05) is 29.8 Å². The second-order valence-electron chi connectivity index (χ2n) is 2.91. The monoisotopic (exact) mass is 200 g/mol. The van der Waals surface area contributed by atoms with E-state index in [1.807, 2.05) is 18.2 Å². The smallest absolute Gasteiger partial charge is 0.0501 e. The quantitative estimate of drug-likeness (QED) is 0.778. The standard InChI is InChI=1S/C10H13ClO2/c11-10-4-2-1-3-9(10)8(7-13)5-6-12/h1-4,8,12-13H,5-7H2. The van der Waals surface area contributed by atoms with Crippen LogP contribution in [-0.4, -0.2) is 23.4 Å². The molecule has 1 atom stereocenters. The minimum absolute atomic E-state index is 0.0181. The molecule has 0 radical (unpaired) electrons. The highest BCUT2D eigenvalue weighted by Gasteiger charge is 2.12. The third-order valence-corrected chi connectivity index (χ3v) is 2.39. The van der Waals surface area contributed by atoms with Crippen LogP contribution in [-0.2, 0) is 0 Å². The largest absolute Gasteiger partial charge is 0.396 e. The highest BCUT2D eigenvalue weighted by molar-refractivity contribution is 6.31. The number of aliphatic hydroxyl groups excluding tert-OH is 2.